The van der Waals surface area contributed by atoms with Gasteiger partial charge in [-0.25, -0.2) is 14.4 Å². The minimum atomic E-state index is -1.23. The van der Waals surface area contributed by atoms with Gasteiger partial charge in [0.1, 0.15) is 0 Å². The van der Waals surface area contributed by atoms with E-state index in [1.807, 2.05) is 30.3 Å². The Kier molecular flexibility index (Phi) is 8.63. The Hall–Kier alpha value is -2.96. The van der Waals surface area contributed by atoms with Crippen molar-refractivity contribution in [3.05, 3.63) is 48.0 Å². The van der Waals surface area contributed by atoms with E-state index >= 15 is 0 Å². The van der Waals surface area contributed by atoms with Crippen LogP contribution in [0.1, 0.15) is 25.3 Å². The lowest BCUT2D eigenvalue weighted by atomic mass is 10.1. The summed E-state index contributed by atoms with van der Waals surface area (Å²) in [6, 6.07) is 9.28. The molecule has 0 fully saturated rings. The first-order chi connectivity index (χ1) is 12.0. The SMILES string of the molecule is CCC(OC(=O)/C=C\C(=O)OC)C(=O)OC(=O)CCc1ccccc1. The summed E-state index contributed by atoms with van der Waals surface area (Å²) < 4.78 is 13.9. The van der Waals surface area contributed by atoms with Gasteiger partial charge in [0, 0.05) is 12.2 Å². The average molecular weight is 348 g/mol. The van der Waals surface area contributed by atoms with Gasteiger partial charge in [-0.1, -0.05) is 37.3 Å². The van der Waals surface area contributed by atoms with Gasteiger partial charge < -0.3 is 14.2 Å². The van der Waals surface area contributed by atoms with Crippen LogP contribution < -0.4 is 0 Å². The van der Waals surface area contributed by atoms with Crippen molar-refractivity contribution in [2.24, 2.45) is 0 Å². The molecular weight excluding hydrogens is 328 g/mol. The van der Waals surface area contributed by atoms with Crippen molar-refractivity contribution in [3.8, 4) is 0 Å². The number of benzene rings is 1. The highest BCUT2D eigenvalue weighted by Gasteiger charge is 2.24. The number of methoxy groups -OCH3 is 1. The fourth-order valence-corrected chi connectivity index (χ4v) is 1.80. The van der Waals surface area contributed by atoms with Crippen LogP contribution in [0.2, 0.25) is 0 Å². The first-order valence-corrected chi connectivity index (χ1v) is 7.71. The number of hydrogen-bond acceptors (Lipinski definition) is 7. The molecule has 1 aromatic rings. The van der Waals surface area contributed by atoms with Gasteiger partial charge in [0.15, 0.2) is 6.10 Å². The number of carbonyl (C=O) groups excluding carboxylic acids is 4. The van der Waals surface area contributed by atoms with Gasteiger partial charge in [-0.2, -0.15) is 0 Å². The van der Waals surface area contributed by atoms with Crippen molar-refractivity contribution in [2.45, 2.75) is 32.3 Å². The number of hydrogen-bond donors (Lipinski definition) is 0. The minimum absolute atomic E-state index is 0.0301. The molecule has 0 aliphatic heterocycles. The predicted octanol–water partition coefficient (Wildman–Crippen LogP) is 1.74. The molecule has 0 saturated carbocycles. The molecule has 1 aromatic carbocycles. The summed E-state index contributed by atoms with van der Waals surface area (Å²) in [5, 5.41) is 0. The zero-order valence-corrected chi connectivity index (χ0v) is 14.1. The number of rotatable bonds is 8. The van der Waals surface area contributed by atoms with Crippen molar-refractivity contribution in [2.75, 3.05) is 7.11 Å². The van der Waals surface area contributed by atoms with Gasteiger partial charge >= 0.3 is 23.9 Å². The Morgan fingerprint density at radius 2 is 1.68 bits per heavy atom. The molecule has 0 radical (unpaired) electrons. The van der Waals surface area contributed by atoms with E-state index in [4.69, 9.17) is 9.47 Å². The summed E-state index contributed by atoms with van der Waals surface area (Å²) in [6.07, 6.45) is 1.07. The normalized spacial score (nSPS) is 11.6. The van der Waals surface area contributed by atoms with Crippen molar-refractivity contribution >= 4 is 23.9 Å². The number of aryl methyl sites for hydroxylation is 1. The lowest BCUT2D eigenvalue weighted by Gasteiger charge is -2.13. The molecule has 0 aliphatic rings. The Morgan fingerprint density at radius 1 is 1.04 bits per heavy atom. The fourth-order valence-electron chi connectivity index (χ4n) is 1.80. The third kappa shape index (κ3) is 7.92. The van der Waals surface area contributed by atoms with Crippen LogP contribution in [-0.2, 0) is 39.8 Å². The van der Waals surface area contributed by atoms with E-state index in [9.17, 15) is 19.2 Å². The van der Waals surface area contributed by atoms with Gasteiger partial charge in [0.05, 0.1) is 13.5 Å². The van der Waals surface area contributed by atoms with Gasteiger partial charge in [-0.3, -0.25) is 4.79 Å². The Labute approximate surface area is 145 Å². The number of esters is 4. The summed E-state index contributed by atoms with van der Waals surface area (Å²) in [6.45, 7) is 1.59. The largest absolute Gasteiger partial charge is 0.466 e. The highest BCUT2D eigenvalue weighted by atomic mass is 16.6. The minimum Gasteiger partial charge on any atom is -0.466 e. The summed E-state index contributed by atoms with van der Waals surface area (Å²) in [7, 11) is 1.16. The second-order valence-corrected chi connectivity index (χ2v) is 4.97. The second kappa shape index (κ2) is 10.7. The van der Waals surface area contributed by atoms with Gasteiger partial charge in [-0.05, 0) is 18.4 Å². The third-order valence-corrected chi connectivity index (χ3v) is 3.12. The van der Waals surface area contributed by atoms with Crippen LogP contribution in [0.3, 0.4) is 0 Å². The van der Waals surface area contributed by atoms with Crippen LogP contribution >= 0.6 is 0 Å². The molecule has 134 valence electrons. The molecule has 1 atom stereocenters. The topological polar surface area (TPSA) is 96.0 Å². The standard InChI is InChI=1S/C18H20O7/c1-3-14(24-16(20)12-11-15(19)23-2)18(22)25-17(21)10-9-13-7-5-4-6-8-13/h4-8,11-12,14H,3,9-10H2,1-2H3/b12-11-. The van der Waals surface area contributed by atoms with Crippen LogP contribution in [0.25, 0.3) is 0 Å². The Bertz CT molecular complexity index is 634. The maximum absolute atomic E-state index is 11.9. The highest BCUT2D eigenvalue weighted by Crippen LogP contribution is 2.07. The van der Waals surface area contributed by atoms with Gasteiger partial charge in [-0.15, -0.1) is 0 Å². The van der Waals surface area contributed by atoms with E-state index in [-0.39, 0.29) is 12.8 Å². The summed E-state index contributed by atoms with van der Waals surface area (Å²) in [5.74, 6) is -3.29. The van der Waals surface area contributed by atoms with Crippen molar-refractivity contribution in [1.82, 2.24) is 0 Å². The molecule has 7 nitrogen and oxygen atoms in total. The molecule has 0 bridgehead atoms. The van der Waals surface area contributed by atoms with Crippen molar-refractivity contribution < 1.29 is 33.4 Å². The van der Waals surface area contributed by atoms with Crippen molar-refractivity contribution in [3.63, 3.8) is 0 Å². The lowest BCUT2D eigenvalue weighted by molar-refractivity contribution is -0.172. The summed E-state index contributed by atoms with van der Waals surface area (Å²) in [4.78, 5) is 46.0. The van der Waals surface area contributed by atoms with E-state index in [1.165, 1.54) is 0 Å². The van der Waals surface area contributed by atoms with Crippen LogP contribution in [-0.4, -0.2) is 37.1 Å². The zero-order chi connectivity index (χ0) is 18.7. The molecule has 0 spiro atoms. The smallest absolute Gasteiger partial charge is 0.355 e. The van der Waals surface area contributed by atoms with E-state index in [1.54, 1.807) is 6.92 Å². The molecule has 0 saturated heterocycles. The molecule has 1 unspecified atom stereocenters. The lowest BCUT2D eigenvalue weighted by Crippen LogP contribution is -2.30. The first kappa shape index (κ1) is 20.1. The predicted molar refractivity (Wildman–Crippen MR) is 87.2 cm³/mol. The number of carbonyl (C=O) groups is 4. The number of ether oxygens (including phenoxy) is 3. The van der Waals surface area contributed by atoms with E-state index in [2.05, 4.69) is 4.74 Å². The molecule has 1 rings (SSSR count). The van der Waals surface area contributed by atoms with Crippen molar-refractivity contribution in [1.29, 1.82) is 0 Å². The first-order valence-electron chi connectivity index (χ1n) is 7.71. The molecule has 0 N–H and O–H groups in total. The third-order valence-electron chi connectivity index (χ3n) is 3.12. The fraction of sp³-hybridized carbons (Fsp3) is 0.333. The summed E-state index contributed by atoms with van der Waals surface area (Å²) >= 11 is 0. The summed E-state index contributed by atoms with van der Waals surface area (Å²) in [5.41, 5.74) is 0.943. The molecule has 0 amide bonds. The zero-order valence-electron chi connectivity index (χ0n) is 14.1. The molecule has 0 aliphatic carbocycles. The molecule has 7 heteroatoms. The molecule has 0 aromatic heterocycles. The molecule has 0 heterocycles. The van der Waals surface area contributed by atoms with E-state index in [0.29, 0.717) is 6.42 Å². The van der Waals surface area contributed by atoms with Gasteiger partial charge in [0.2, 0.25) is 0 Å². The van der Waals surface area contributed by atoms with Gasteiger partial charge in [0.25, 0.3) is 0 Å². The molecule has 25 heavy (non-hydrogen) atoms. The maximum Gasteiger partial charge on any atom is 0.355 e. The molecular formula is C18H20O7. The quantitative estimate of drug-likeness (QED) is 0.305. The average Bonchev–Trinajstić information content (AvgIpc) is 2.63. The van der Waals surface area contributed by atoms with E-state index < -0.39 is 30.0 Å². The van der Waals surface area contributed by atoms with Crippen LogP contribution in [0.4, 0.5) is 0 Å². The van der Waals surface area contributed by atoms with E-state index in [0.717, 1.165) is 24.8 Å². The maximum atomic E-state index is 11.9. The van der Waals surface area contributed by atoms with Crippen LogP contribution in [0.15, 0.2) is 42.5 Å². The van der Waals surface area contributed by atoms with Crippen LogP contribution in [0, 0.1) is 0 Å². The Morgan fingerprint density at radius 3 is 2.28 bits per heavy atom. The monoisotopic (exact) mass is 348 g/mol. The highest BCUT2D eigenvalue weighted by molar-refractivity contribution is 5.94. The van der Waals surface area contributed by atoms with Crippen LogP contribution in [0.5, 0.6) is 0 Å². The second-order valence-electron chi connectivity index (χ2n) is 4.97. The Balaban J connectivity index is 2.46.